The second-order valence-electron chi connectivity index (χ2n) is 0. The normalized spacial score (nSPS) is 0. The van der Waals surface area contributed by atoms with Crippen molar-refractivity contribution in [1.29, 1.82) is 0 Å². The summed E-state index contributed by atoms with van der Waals surface area (Å²) in [4.78, 5) is 0. The average molecular weight is 291 g/mol. The Kier molecular flexibility index (Phi) is 187. The van der Waals surface area contributed by atoms with Crippen molar-refractivity contribution in [2.75, 3.05) is 0 Å². The summed E-state index contributed by atoms with van der Waals surface area (Å²) in [5.74, 6) is 0. The Balaban J connectivity index is 0. The average Bonchev–Trinajstić information content (AvgIpc) is 0. The molecule has 2 radical (unpaired) electrons. The third-order valence-electron chi connectivity index (χ3n) is 0. The van der Waals surface area contributed by atoms with Gasteiger partial charge in [0.1, 0.15) is 0 Å². The standard InChI is InChI=1S/2ClH.Ru.Sn/h2*1H;;/q;;;+2/p-2. The van der Waals surface area contributed by atoms with E-state index in [2.05, 4.69) is 0 Å². The van der Waals surface area contributed by atoms with Crippen LogP contribution < -0.4 is 24.8 Å². The minimum Gasteiger partial charge on any atom is -1.00 e. The summed E-state index contributed by atoms with van der Waals surface area (Å²) in [5, 5.41) is 0. The van der Waals surface area contributed by atoms with Gasteiger partial charge in [0.25, 0.3) is 0 Å². The fraction of sp³-hybridized carbons (Fsp3) is 0. The van der Waals surface area contributed by atoms with Crippen LogP contribution in [0.25, 0.3) is 0 Å². The van der Waals surface area contributed by atoms with E-state index in [1.54, 1.807) is 0 Å². The van der Waals surface area contributed by atoms with E-state index in [4.69, 9.17) is 0 Å². The first-order valence-electron chi connectivity index (χ1n) is 0. The Labute approximate surface area is 67.6 Å². The Morgan fingerprint density at radius 1 is 0.750 bits per heavy atom. The molecular weight excluding hydrogens is 291 g/mol. The third-order valence-corrected chi connectivity index (χ3v) is 0. The van der Waals surface area contributed by atoms with Gasteiger partial charge in [-0.3, -0.25) is 0 Å². The molecule has 0 fully saturated rings. The zero-order valence-electron chi connectivity index (χ0n) is 1.61. The van der Waals surface area contributed by atoms with E-state index in [1.807, 2.05) is 0 Å². The van der Waals surface area contributed by atoms with Gasteiger partial charge in [0.05, 0.1) is 0 Å². The van der Waals surface area contributed by atoms with Crippen molar-refractivity contribution in [1.82, 2.24) is 0 Å². The zero-order valence-corrected chi connectivity index (χ0v) is 7.71. The molecule has 0 bridgehead atoms. The van der Waals surface area contributed by atoms with Gasteiger partial charge in [0, 0.05) is 19.5 Å². The summed E-state index contributed by atoms with van der Waals surface area (Å²) in [6, 6.07) is 0. The second kappa shape index (κ2) is 20.0. The van der Waals surface area contributed by atoms with Crippen LogP contribution in [0.1, 0.15) is 0 Å². The Morgan fingerprint density at radius 2 is 0.750 bits per heavy atom. The molecule has 0 saturated heterocycles. The third kappa shape index (κ3) is 9.00. The summed E-state index contributed by atoms with van der Waals surface area (Å²) in [7, 11) is 0. The van der Waals surface area contributed by atoms with E-state index in [9.17, 15) is 0 Å². The fourth-order valence-corrected chi connectivity index (χ4v) is 0. The maximum atomic E-state index is 0. The number of hydrogen-bond donors (Lipinski definition) is 0. The molecule has 0 amide bonds. The summed E-state index contributed by atoms with van der Waals surface area (Å²) >= 11 is 0. The van der Waals surface area contributed by atoms with Crippen LogP contribution in [0.3, 0.4) is 0 Å². The molecule has 0 aromatic rings. The van der Waals surface area contributed by atoms with E-state index >= 15 is 0 Å². The second-order valence-corrected chi connectivity index (χ2v) is 0. The molecule has 0 nitrogen and oxygen atoms in total. The van der Waals surface area contributed by atoms with Crippen LogP contribution in [-0.2, 0) is 19.5 Å². The number of halogens is 2. The summed E-state index contributed by atoms with van der Waals surface area (Å²) in [5.41, 5.74) is 0. The van der Waals surface area contributed by atoms with Crippen LogP contribution in [0, 0.1) is 0 Å². The van der Waals surface area contributed by atoms with E-state index in [0.717, 1.165) is 0 Å². The molecule has 0 rings (SSSR count). The van der Waals surface area contributed by atoms with Gasteiger partial charge in [-0.05, 0) is 0 Å². The molecule has 0 heterocycles. The molecule has 26 valence electrons. The molecule has 4 heteroatoms. The quantitative estimate of drug-likeness (QED) is 0.390. The van der Waals surface area contributed by atoms with Crippen molar-refractivity contribution in [3.8, 4) is 0 Å². The molecule has 4 heavy (non-hydrogen) atoms. The van der Waals surface area contributed by atoms with Crippen molar-refractivity contribution in [3.05, 3.63) is 0 Å². The predicted molar refractivity (Wildman–Crippen MR) is 5.75 cm³/mol. The van der Waals surface area contributed by atoms with Crippen LogP contribution in [0.5, 0.6) is 0 Å². The van der Waals surface area contributed by atoms with Crippen LogP contribution in [0.4, 0.5) is 0 Å². The zero-order chi connectivity index (χ0) is 0. The molecule has 0 atom stereocenters. The van der Waals surface area contributed by atoms with Gasteiger partial charge in [0.15, 0.2) is 0 Å². The van der Waals surface area contributed by atoms with Gasteiger partial charge in [-0.2, -0.15) is 0 Å². The van der Waals surface area contributed by atoms with Crippen LogP contribution in [-0.4, -0.2) is 23.9 Å². The number of rotatable bonds is 0. The SMILES string of the molecule is [Cl-].[Cl-].[Ru].[Sn+2]. The smallest absolute Gasteiger partial charge is 1.00 e. The molecule has 0 aromatic heterocycles. The van der Waals surface area contributed by atoms with Gasteiger partial charge in [-0.25, -0.2) is 0 Å². The predicted octanol–water partition coefficient (Wildman–Crippen LogP) is -6.38. The van der Waals surface area contributed by atoms with Crippen molar-refractivity contribution in [2.24, 2.45) is 0 Å². The van der Waals surface area contributed by atoms with E-state index in [1.165, 1.54) is 0 Å². The summed E-state index contributed by atoms with van der Waals surface area (Å²) in [6.07, 6.45) is 0. The van der Waals surface area contributed by atoms with Gasteiger partial charge >= 0.3 is 23.9 Å². The fourth-order valence-electron chi connectivity index (χ4n) is 0. The first-order valence-corrected chi connectivity index (χ1v) is 0. The summed E-state index contributed by atoms with van der Waals surface area (Å²) in [6.45, 7) is 0. The van der Waals surface area contributed by atoms with Crippen molar-refractivity contribution in [2.45, 2.75) is 0 Å². The van der Waals surface area contributed by atoms with Crippen molar-refractivity contribution in [3.63, 3.8) is 0 Å². The largest absolute Gasteiger partial charge is 2.00 e. The van der Waals surface area contributed by atoms with Gasteiger partial charge < -0.3 is 24.8 Å². The molecule has 0 aromatic carbocycles. The van der Waals surface area contributed by atoms with E-state index < -0.39 is 0 Å². The topological polar surface area (TPSA) is 0 Å². The van der Waals surface area contributed by atoms with Gasteiger partial charge in [0.2, 0.25) is 0 Å². The molecular formula is Cl2RuSn. The minimum absolute atomic E-state index is 0. The maximum Gasteiger partial charge on any atom is 2.00 e. The molecule has 0 aliphatic rings. The molecule has 0 aliphatic heterocycles. The molecule has 0 spiro atoms. The van der Waals surface area contributed by atoms with Gasteiger partial charge in [-0.1, -0.05) is 0 Å². The van der Waals surface area contributed by atoms with E-state index in [-0.39, 0.29) is 68.2 Å². The van der Waals surface area contributed by atoms with E-state index in [0.29, 0.717) is 0 Å². The molecule has 0 aliphatic carbocycles. The minimum atomic E-state index is 0. The first kappa shape index (κ1) is 37.5. The van der Waals surface area contributed by atoms with Crippen molar-refractivity contribution >= 4 is 23.9 Å². The number of hydrogen-bond acceptors (Lipinski definition) is 0. The molecule has 0 N–H and O–H groups in total. The molecule has 0 saturated carbocycles. The monoisotopic (exact) mass is 292 g/mol. The van der Waals surface area contributed by atoms with Crippen LogP contribution in [0.15, 0.2) is 0 Å². The Hall–Kier alpha value is 2.00. The van der Waals surface area contributed by atoms with Crippen LogP contribution >= 0.6 is 0 Å². The molecule has 0 unspecified atom stereocenters. The first-order chi connectivity index (χ1) is 0. The van der Waals surface area contributed by atoms with Gasteiger partial charge in [-0.15, -0.1) is 0 Å². The maximum absolute atomic E-state index is 0. The Bertz CT molecular complexity index is 6.00. The Morgan fingerprint density at radius 3 is 0.750 bits per heavy atom. The van der Waals surface area contributed by atoms with Crippen LogP contribution in [0.2, 0.25) is 0 Å². The van der Waals surface area contributed by atoms with Crippen molar-refractivity contribution < 1.29 is 44.3 Å². The summed E-state index contributed by atoms with van der Waals surface area (Å²) < 4.78 is 0.